The van der Waals surface area contributed by atoms with E-state index in [9.17, 15) is 15.2 Å². The molecule has 1 heterocycles. The van der Waals surface area contributed by atoms with Gasteiger partial charge in [0.05, 0.1) is 17.6 Å². The second kappa shape index (κ2) is 7.20. The van der Waals surface area contributed by atoms with Gasteiger partial charge in [0.25, 0.3) is 0 Å². The molecule has 0 aromatic carbocycles. The SMILES string of the molecule is CC(C)C(C)CNCC(O)Cn1cc([N+](=O)[O-])cn1. The van der Waals surface area contributed by atoms with Gasteiger partial charge in [-0.1, -0.05) is 20.8 Å². The molecule has 0 aliphatic heterocycles. The minimum atomic E-state index is -0.612. The molecule has 2 atom stereocenters. The van der Waals surface area contributed by atoms with Crippen molar-refractivity contribution in [1.82, 2.24) is 15.1 Å². The molecule has 0 fully saturated rings. The Balaban J connectivity index is 2.30. The first-order chi connectivity index (χ1) is 8.90. The fourth-order valence-corrected chi connectivity index (χ4v) is 1.54. The minimum absolute atomic E-state index is 0.0615. The maximum absolute atomic E-state index is 10.5. The lowest BCUT2D eigenvalue weighted by atomic mass is 9.98. The lowest BCUT2D eigenvalue weighted by Gasteiger charge is -2.18. The van der Waals surface area contributed by atoms with E-state index in [1.165, 1.54) is 17.1 Å². The predicted molar refractivity (Wildman–Crippen MR) is 71.8 cm³/mol. The molecule has 0 aliphatic rings. The molecule has 0 bridgehead atoms. The first kappa shape index (κ1) is 15.6. The predicted octanol–water partition coefficient (Wildman–Crippen LogP) is 1.03. The molecule has 1 rings (SSSR count). The van der Waals surface area contributed by atoms with Crippen molar-refractivity contribution in [3.63, 3.8) is 0 Å². The standard InChI is InChI=1S/C12H22N4O3/c1-9(2)10(3)4-13-6-12(17)8-15-7-11(5-14-15)16(18)19/h5,7,9-10,12-13,17H,4,6,8H2,1-3H3. The highest BCUT2D eigenvalue weighted by molar-refractivity contribution is 5.20. The highest BCUT2D eigenvalue weighted by Gasteiger charge is 2.12. The van der Waals surface area contributed by atoms with Crippen LogP contribution in [0, 0.1) is 22.0 Å². The monoisotopic (exact) mass is 270 g/mol. The number of nitro groups is 1. The van der Waals surface area contributed by atoms with Crippen molar-refractivity contribution < 1.29 is 10.0 Å². The number of aliphatic hydroxyl groups is 1. The van der Waals surface area contributed by atoms with Gasteiger partial charge in [0.2, 0.25) is 0 Å². The van der Waals surface area contributed by atoms with E-state index in [2.05, 4.69) is 31.2 Å². The minimum Gasteiger partial charge on any atom is -0.390 e. The van der Waals surface area contributed by atoms with Crippen molar-refractivity contribution in [2.45, 2.75) is 33.4 Å². The summed E-state index contributed by atoms with van der Waals surface area (Å²) in [5.74, 6) is 1.14. The first-order valence-corrected chi connectivity index (χ1v) is 6.45. The second-order valence-corrected chi connectivity index (χ2v) is 5.21. The summed E-state index contributed by atoms with van der Waals surface area (Å²) in [6.07, 6.45) is 1.89. The van der Waals surface area contributed by atoms with Crippen LogP contribution in [0.25, 0.3) is 0 Å². The largest absolute Gasteiger partial charge is 0.390 e. The van der Waals surface area contributed by atoms with Crippen LogP contribution in [0.15, 0.2) is 12.4 Å². The molecular weight excluding hydrogens is 248 g/mol. The molecule has 0 spiro atoms. The van der Waals surface area contributed by atoms with Crippen LogP contribution in [0.3, 0.4) is 0 Å². The molecule has 0 amide bonds. The Hall–Kier alpha value is -1.47. The average Bonchev–Trinajstić information content (AvgIpc) is 2.77. The smallest absolute Gasteiger partial charge is 0.306 e. The van der Waals surface area contributed by atoms with Crippen molar-refractivity contribution >= 4 is 5.69 Å². The summed E-state index contributed by atoms with van der Waals surface area (Å²) in [7, 11) is 0. The van der Waals surface area contributed by atoms with E-state index in [4.69, 9.17) is 0 Å². The van der Waals surface area contributed by atoms with E-state index in [-0.39, 0.29) is 12.2 Å². The second-order valence-electron chi connectivity index (χ2n) is 5.21. The van der Waals surface area contributed by atoms with Crippen LogP contribution in [-0.4, -0.2) is 39.0 Å². The van der Waals surface area contributed by atoms with E-state index in [1.807, 2.05) is 0 Å². The summed E-state index contributed by atoms with van der Waals surface area (Å²) in [5, 5.41) is 27.3. The van der Waals surface area contributed by atoms with Gasteiger partial charge < -0.3 is 10.4 Å². The molecular formula is C12H22N4O3. The van der Waals surface area contributed by atoms with Crippen molar-refractivity contribution in [3.8, 4) is 0 Å². The maximum atomic E-state index is 10.5. The van der Waals surface area contributed by atoms with Gasteiger partial charge in [-0.2, -0.15) is 5.10 Å². The van der Waals surface area contributed by atoms with Gasteiger partial charge in [0.15, 0.2) is 0 Å². The van der Waals surface area contributed by atoms with Crippen LogP contribution in [0.2, 0.25) is 0 Å². The maximum Gasteiger partial charge on any atom is 0.306 e. The topological polar surface area (TPSA) is 93.2 Å². The summed E-state index contributed by atoms with van der Waals surface area (Å²) in [6, 6.07) is 0. The van der Waals surface area contributed by atoms with Crippen LogP contribution in [-0.2, 0) is 6.54 Å². The van der Waals surface area contributed by atoms with Gasteiger partial charge in [0.1, 0.15) is 12.4 Å². The summed E-state index contributed by atoms with van der Waals surface area (Å²) in [6.45, 7) is 8.01. The number of nitrogens with zero attached hydrogens (tertiary/aromatic N) is 3. The number of aliphatic hydroxyl groups excluding tert-OH is 1. The lowest BCUT2D eigenvalue weighted by Crippen LogP contribution is -2.34. The van der Waals surface area contributed by atoms with Crippen molar-refractivity contribution in [2.75, 3.05) is 13.1 Å². The van der Waals surface area contributed by atoms with Gasteiger partial charge in [-0.3, -0.25) is 14.8 Å². The number of hydrogen-bond donors (Lipinski definition) is 2. The van der Waals surface area contributed by atoms with Gasteiger partial charge >= 0.3 is 5.69 Å². The lowest BCUT2D eigenvalue weighted by molar-refractivity contribution is -0.385. The van der Waals surface area contributed by atoms with Crippen molar-refractivity contribution in [2.24, 2.45) is 11.8 Å². The highest BCUT2D eigenvalue weighted by Crippen LogP contribution is 2.09. The Labute approximate surface area is 112 Å². The molecule has 19 heavy (non-hydrogen) atoms. The van der Waals surface area contributed by atoms with Gasteiger partial charge in [0, 0.05) is 6.54 Å². The van der Waals surface area contributed by atoms with E-state index in [0.29, 0.717) is 18.4 Å². The fourth-order valence-electron chi connectivity index (χ4n) is 1.54. The molecule has 0 saturated carbocycles. The molecule has 7 heteroatoms. The Morgan fingerprint density at radius 1 is 1.47 bits per heavy atom. The van der Waals surface area contributed by atoms with Gasteiger partial charge in [-0.25, -0.2) is 0 Å². The van der Waals surface area contributed by atoms with E-state index in [1.54, 1.807) is 0 Å². The van der Waals surface area contributed by atoms with Crippen LogP contribution < -0.4 is 5.32 Å². The van der Waals surface area contributed by atoms with E-state index < -0.39 is 11.0 Å². The number of aromatic nitrogens is 2. The summed E-state index contributed by atoms with van der Waals surface area (Å²) >= 11 is 0. The number of hydrogen-bond acceptors (Lipinski definition) is 5. The zero-order chi connectivity index (χ0) is 14.4. The highest BCUT2D eigenvalue weighted by atomic mass is 16.6. The third-order valence-electron chi connectivity index (χ3n) is 3.21. The van der Waals surface area contributed by atoms with Crippen LogP contribution >= 0.6 is 0 Å². The summed E-state index contributed by atoms with van der Waals surface area (Å²) < 4.78 is 1.39. The summed E-state index contributed by atoms with van der Waals surface area (Å²) in [5.41, 5.74) is -0.0615. The Morgan fingerprint density at radius 3 is 2.68 bits per heavy atom. The first-order valence-electron chi connectivity index (χ1n) is 6.45. The molecule has 0 radical (unpaired) electrons. The van der Waals surface area contributed by atoms with Crippen LogP contribution in [0.1, 0.15) is 20.8 Å². The summed E-state index contributed by atoms with van der Waals surface area (Å²) in [4.78, 5) is 9.99. The quantitative estimate of drug-likeness (QED) is 0.543. The van der Waals surface area contributed by atoms with Crippen LogP contribution in [0.5, 0.6) is 0 Å². The molecule has 1 aromatic heterocycles. The Kier molecular flexibility index (Phi) is 5.91. The molecule has 1 aromatic rings. The van der Waals surface area contributed by atoms with Crippen molar-refractivity contribution in [1.29, 1.82) is 0 Å². The number of rotatable bonds is 8. The van der Waals surface area contributed by atoms with Gasteiger partial charge in [-0.15, -0.1) is 0 Å². The molecule has 2 N–H and O–H groups in total. The average molecular weight is 270 g/mol. The fraction of sp³-hybridized carbons (Fsp3) is 0.750. The van der Waals surface area contributed by atoms with E-state index >= 15 is 0 Å². The Morgan fingerprint density at radius 2 is 2.16 bits per heavy atom. The zero-order valence-electron chi connectivity index (χ0n) is 11.6. The van der Waals surface area contributed by atoms with Crippen molar-refractivity contribution in [3.05, 3.63) is 22.5 Å². The zero-order valence-corrected chi connectivity index (χ0v) is 11.6. The van der Waals surface area contributed by atoms with E-state index in [0.717, 1.165) is 6.54 Å². The Bertz CT molecular complexity index is 405. The van der Waals surface area contributed by atoms with Gasteiger partial charge in [-0.05, 0) is 18.4 Å². The molecule has 0 saturated heterocycles. The third kappa shape index (κ3) is 5.35. The number of nitrogens with one attached hydrogen (secondary N) is 1. The third-order valence-corrected chi connectivity index (χ3v) is 3.21. The molecule has 7 nitrogen and oxygen atoms in total. The normalized spacial score (nSPS) is 14.6. The molecule has 0 aliphatic carbocycles. The molecule has 2 unspecified atom stereocenters. The molecule has 108 valence electrons. The van der Waals surface area contributed by atoms with Crippen LogP contribution in [0.4, 0.5) is 5.69 Å².